The Bertz CT molecular complexity index is 564. The van der Waals surface area contributed by atoms with E-state index in [4.69, 9.17) is 4.74 Å². The molecule has 0 unspecified atom stereocenters. The number of halogens is 3. The number of hydrogen-bond acceptors (Lipinski definition) is 3. The van der Waals surface area contributed by atoms with Gasteiger partial charge < -0.3 is 4.74 Å². The number of ether oxygens (including phenoxy) is 1. The molecule has 100 valence electrons. The maximum Gasteiger partial charge on any atom is 0.408 e. The molecule has 0 N–H and O–H groups in total. The Morgan fingerprint density at radius 3 is 2.58 bits per heavy atom. The van der Waals surface area contributed by atoms with Gasteiger partial charge >= 0.3 is 12.1 Å². The largest absolute Gasteiger partial charge is 0.420 e. The first kappa shape index (κ1) is 13.1. The molecule has 19 heavy (non-hydrogen) atoms. The van der Waals surface area contributed by atoms with Crippen LogP contribution in [-0.2, 0) is 6.54 Å². The SMILES string of the molecule is O=C(Oc1cnn(CC(F)(F)F)c1)c1ccccc1. The molecule has 0 radical (unpaired) electrons. The molecule has 4 nitrogen and oxygen atoms in total. The Labute approximate surface area is 106 Å². The van der Waals surface area contributed by atoms with E-state index in [1.54, 1.807) is 30.3 Å². The number of hydrogen-bond donors (Lipinski definition) is 0. The maximum atomic E-state index is 12.1. The molecule has 2 rings (SSSR count). The van der Waals surface area contributed by atoms with Crippen LogP contribution in [0, 0.1) is 0 Å². The third-order valence-corrected chi connectivity index (χ3v) is 2.17. The Morgan fingerprint density at radius 2 is 1.95 bits per heavy atom. The Hall–Kier alpha value is -2.31. The minimum absolute atomic E-state index is 0.0295. The zero-order valence-electron chi connectivity index (χ0n) is 9.59. The summed E-state index contributed by atoms with van der Waals surface area (Å²) in [6.45, 7) is -1.23. The molecule has 0 amide bonds. The van der Waals surface area contributed by atoms with Gasteiger partial charge in [-0.15, -0.1) is 0 Å². The van der Waals surface area contributed by atoms with Gasteiger partial charge in [-0.1, -0.05) is 18.2 Å². The van der Waals surface area contributed by atoms with E-state index in [1.807, 2.05) is 0 Å². The standard InChI is InChI=1S/C12H9F3N2O2/c13-12(14,15)8-17-7-10(6-16-17)19-11(18)9-4-2-1-3-5-9/h1-7H,8H2. The summed E-state index contributed by atoms with van der Waals surface area (Å²) in [5, 5.41) is 3.47. The summed E-state index contributed by atoms with van der Waals surface area (Å²) in [5.41, 5.74) is 0.311. The van der Waals surface area contributed by atoms with Crippen LogP contribution in [0.5, 0.6) is 5.75 Å². The summed E-state index contributed by atoms with van der Waals surface area (Å²) in [6, 6.07) is 8.14. The highest BCUT2D eigenvalue weighted by molar-refractivity contribution is 5.90. The zero-order chi connectivity index (χ0) is 13.9. The Balaban J connectivity index is 2.03. The van der Waals surface area contributed by atoms with E-state index in [1.165, 1.54) is 0 Å². The second kappa shape index (κ2) is 5.13. The lowest BCUT2D eigenvalue weighted by Crippen LogP contribution is -2.17. The summed E-state index contributed by atoms with van der Waals surface area (Å²) in [4.78, 5) is 11.6. The van der Waals surface area contributed by atoms with Gasteiger partial charge in [-0.2, -0.15) is 18.3 Å². The van der Waals surface area contributed by atoms with Crippen molar-refractivity contribution in [1.82, 2.24) is 9.78 Å². The molecule has 0 aliphatic carbocycles. The molecule has 0 bridgehead atoms. The van der Waals surface area contributed by atoms with Gasteiger partial charge in [0, 0.05) is 0 Å². The molecule has 0 saturated heterocycles. The van der Waals surface area contributed by atoms with Crippen molar-refractivity contribution in [3.63, 3.8) is 0 Å². The fourth-order valence-electron chi connectivity index (χ4n) is 1.41. The molecule has 0 saturated carbocycles. The number of benzene rings is 1. The van der Waals surface area contributed by atoms with E-state index in [0.29, 0.717) is 10.2 Å². The number of rotatable bonds is 3. The van der Waals surface area contributed by atoms with Crippen molar-refractivity contribution in [2.45, 2.75) is 12.7 Å². The van der Waals surface area contributed by atoms with Crippen molar-refractivity contribution in [2.24, 2.45) is 0 Å². The van der Waals surface area contributed by atoms with Gasteiger partial charge in [0.25, 0.3) is 0 Å². The van der Waals surface area contributed by atoms with Crippen LogP contribution in [-0.4, -0.2) is 21.9 Å². The molecule has 0 fully saturated rings. The molecule has 0 aliphatic rings. The van der Waals surface area contributed by atoms with E-state index in [2.05, 4.69) is 5.10 Å². The van der Waals surface area contributed by atoms with Gasteiger partial charge in [0.1, 0.15) is 6.54 Å². The van der Waals surface area contributed by atoms with Crippen molar-refractivity contribution in [3.8, 4) is 5.75 Å². The van der Waals surface area contributed by atoms with Crippen molar-refractivity contribution >= 4 is 5.97 Å². The monoisotopic (exact) mass is 270 g/mol. The normalized spacial score (nSPS) is 11.3. The maximum absolute atomic E-state index is 12.1. The van der Waals surface area contributed by atoms with Gasteiger partial charge in [-0.25, -0.2) is 4.79 Å². The lowest BCUT2D eigenvalue weighted by molar-refractivity contribution is -0.142. The lowest BCUT2D eigenvalue weighted by Gasteiger charge is -2.05. The van der Waals surface area contributed by atoms with Crippen LogP contribution in [0.1, 0.15) is 10.4 Å². The van der Waals surface area contributed by atoms with Crippen LogP contribution >= 0.6 is 0 Å². The fraction of sp³-hybridized carbons (Fsp3) is 0.167. The van der Waals surface area contributed by atoms with Crippen molar-refractivity contribution in [2.75, 3.05) is 0 Å². The highest BCUT2D eigenvalue weighted by atomic mass is 19.4. The summed E-state index contributed by atoms with van der Waals surface area (Å²) >= 11 is 0. The van der Waals surface area contributed by atoms with Crippen molar-refractivity contribution in [3.05, 3.63) is 48.3 Å². The Kier molecular flexibility index (Phi) is 3.55. The van der Waals surface area contributed by atoms with Gasteiger partial charge in [-0.05, 0) is 12.1 Å². The van der Waals surface area contributed by atoms with E-state index < -0.39 is 18.7 Å². The highest BCUT2D eigenvalue weighted by Gasteiger charge is 2.28. The van der Waals surface area contributed by atoms with Crippen LogP contribution in [0.3, 0.4) is 0 Å². The van der Waals surface area contributed by atoms with Crippen LogP contribution in [0.4, 0.5) is 13.2 Å². The van der Waals surface area contributed by atoms with Gasteiger partial charge in [0.2, 0.25) is 0 Å². The van der Waals surface area contributed by atoms with Gasteiger partial charge in [-0.3, -0.25) is 4.68 Å². The number of carbonyl (C=O) groups excluding carboxylic acids is 1. The van der Waals surface area contributed by atoms with E-state index in [9.17, 15) is 18.0 Å². The predicted octanol–water partition coefficient (Wildman–Crippen LogP) is 2.66. The summed E-state index contributed by atoms with van der Waals surface area (Å²) < 4.78 is 41.9. The van der Waals surface area contributed by atoms with Gasteiger partial charge in [0.15, 0.2) is 5.75 Å². The van der Waals surface area contributed by atoms with Crippen molar-refractivity contribution in [1.29, 1.82) is 0 Å². The van der Waals surface area contributed by atoms with E-state index in [-0.39, 0.29) is 5.75 Å². The molecule has 1 aromatic carbocycles. The van der Waals surface area contributed by atoms with Crippen LogP contribution in [0.15, 0.2) is 42.7 Å². The highest BCUT2D eigenvalue weighted by Crippen LogP contribution is 2.19. The lowest BCUT2D eigenvalue weighted by atomic mass is 10.2. The fourth-order valence-corrected chi connectivity index (χ4v) is 1.41. The summed E-state index contributed by atoms with van der Waals surface area (Å²) in [7, 11) is 0. The average Bonchev–Trinajstić information content (AvgIpc) is 2.75. The quantitative estimate of drug-likeness (QED) is 0.805. The molecule has 0 atom stereocenters. The minimum Gasteiger partial charge on any atom is -0.420 e. The smallest absolute Gasteiger partial charge is 0.408 e. The molecule has 2 aromatic rings. The minimum atomic E-state index is -4.37. The first-order valence-corrected chi connectivity index (χ1v) is 5.30. The second-order valence-corrected chi connectivity index (χ2v) is 3.74. The predicted molar refractivity (Wildman–Crippen MR) is 59.7 cm³/mol. The van der Waals surface area contributed by atoms with Crippen LogP contribution in [0.25, 0.3) is 0 Å². The van der Waals surface area contributed by atoms with Crippen LogP contribution in [0.2, 0.25) is 0 Å². The van der Waals surface area contributed by atoms with E-state index in [0.717, 1.165) is 12.4 Å². The zero-order valence-corrected chi connectivity index (χ0v) is 9.59. The van der Waals surface area contributed by atoms with Crippen molar-refractivity contribution < 1.29 is 22.7 Å². The second-order valence-electron chi connectivity index (χ2n) is 3.74. The molecule has 7 heteroatoms. The molecular weight excluding hydrogens is 261 g/mol. The first-order chi connectivity index (χ1) is 8.94. The molecular formula is C12H9F3N2O2. The molecule has 1 aromatic heterocycles. The molecule has 1 heterocycles. The number of alkyl halides is 3. The first-order valence-electron chi connectivity index (χ1n) is 5.30. The van der Waals surface area contributed by atoms with Crippen LogP contribution < -0.4 is 4.74 Å². The third-order valence-electron chi connectivity index (χ3n) is 2.17. The number of nitrogens with zero attached hydrogens (tertiary/aromatic N) is 2. The molecule has 0 spiro atoms. The van der Waals surface area contributed by atoms with E-state index >= 15 is 0 Å². The Morgan fingerprint density at radius 1 is 1.26 bits per heavy atom. The average molecular weight is 270 g/mol. The number of aromatic nitrogens is 2. The third kappa shape index (κ3) is 3.84. The number of carbonyl (C=O) groups is 1. The summed E-state index contributed by atoms with van der Waals surface area (Å²) in [6.07, 6.45) is -2.28. The number of esters is 1. The molecule has 0 aliphatic heterocycles. The van der Waals surface area contributed by atoms with Gasteiger partial charge in [0.05, 0.1) is 18.0 Å². The topological polar surface area (TPSA) is 44.1 Å². The summed E-state index contributed by atoms with van der Waals surface area (Å²) in [5.74, 6) is -0.676.